The van der Waals surface area contributed by atoms with Crippen LogP contribution in [0, 0.1) is 62.1 Å². The van der Waals surface area contributed by atoms with Crippen LogP contribution in [0.3, 0.4) is 0 Å². The van der Waals surface area contributed by atoms with Crippen molar-refractivity contribution in [1.82, 2.24) is 10.2 Å². The number of aliphatic hydroxyl groups is 1. The van der Waals surface area contributed by atoms with E-state index in [9.17, 15) is 24.8 Å². The summed E-state index contributed by atoms with van der Waals surface area (Å²) in [6.45, 7) is 14.9. The topological polar surface area (TPSA) is 110 Å². The molecule has 9 unspecified atom stereocenters. The second kappa shape index (κ2) is 8.66. The van der Waals surface area contributed by atoms with Crippen molar-refractivity contribution in [3.05, 3.63) is 11.6 Å². The maximum Gasteiger partial charge on any atom is 0.317 e. The van der Waals surface area contributed by atoms with Crippen LogP contribution < -0.4 is 5.32 Å². The Morgan fingerprint density at radius 2 is 1.65 bits per heavy atom. The summed E-state index contributed by atoms with van der Waals surface area (Å²) in [5.41, 5.74) is -1.81. The van der Waals surface area contributed by atoms with Crippen molar-refractivity contribution in [3.63, 3.8) is 0 Å². The van der Waals surface area contributed by atoms with Gasteiger partial charge in [0.2, 0.25) is 0 Å². The number of nitrogens with one attached hydrogen (secondary N) is 1. The Labute approximate surface area is 240 Å². The van der Waals surface area contributed by atoms with Gasteiger partial charge in [-0.1, -0.05) is 54.0 Å². The zero-order chi connectivity index (χ0) is 29.8. The van der Waals surface area contributed by atoms with Crippen molar-refractivity contribution in [1.29, 1.82) is 5.26 Å². The van der Waals surface area contributed by atoms with E-state index in [2.05, 4.69) is 39.1 Å². The molecule has 0 saturated heterocycles. The molecule has 40 heavy (non-hydrogen) atoms. The molecule has 0 radical (unpaired) electrons. The fraction of sp³-hybridized carbons (Fsp3) is 0.818. The van der Waals surface area contributed by atoms with E-state index in [1.54, 1.807) is 19.0 Å². The molecule has 0 aromatic heterocycles. The Hall–Kier alpha value is -2.20. The van der Waals surface area contributed by atoms with E-state index >= 15 is 0 Å². The van der Waals surface area contributed by atoms with Crippen molar-refractivity contribution in [2.24, 2.45) is 50.7 Å². The van der Waals surface area contributed by atoms with Gasteiger partial charge in [-0.15, -0.1) is 0 Å². The largest absolute Gasteiger partial charge is 0.390 e. The highest BCUT2D eigenvalue weighted by molar-refractivity contribution is 5.96. The van der Waals surface area contributed by atoms with Crippen LogP contribution in [0.25, 0.3) is 0 Å². The van der Waals surface area contributed by atoms with Crippen LogP contribution in [-0.2, 0) is 9.59 Å². The Balaban J connectivity index is 1.67. The molecule has 5 rings (SSSR count). The molecule has 0 spiro atoms. The SMILES string of the molecule is CN(C)C(=O)NC12CCC(C)(C)CC1C1C(=O)C=C3C4(C)C(O)C(C#N)C(=O)C(C)(C)C4CCC3(C)C1(C)CC2. The van der Waals surface area contributed by atoms with Crippen molar-refractivity contribution in [2.75, 3.05) is 14.1 Å². The number of allylic oxidation sites excluding steroid dienone is 1. The van der Waals surface area contributed by atoms with Gasteiger partial charge in [0.05, 0.1) is 12.2 Å². The zero-order valence-corrected chi connectivity index (χ0v) is 26.0. The highest BCUT2D eigenvalue weighted by Crippen LogP contribution is 2.74. The maximum atomic E-state index is 14.5. The number of ketones is 2. The molecule has 4 fully saturated rings. The van der Waals surface area contributed by atoms with Crippen LogP contribution in [-0.4, -0.2) is 53.3 Å². The smallest absolute Gasteiger partial charge is 0.317 e. The first-order valence-corrected chi connectivity index (χ1v) is 15.2. The van der Waals surface area contributed by atoms with Gasteiger partial charge in [0.25, 0.3) is 0 Å². The van der Waals surface area contributed by atoms with Gasteiger partial charge in [0, 0.05) is 36.4 Å². The number of hydrogen-bond donors (Lipinski definition) is 2. The Morgan fingerprint density at radius 3 is 2.25 bits per heavy atom. The lowest BCUT2D eigenvalue weighted by Gasteiger charge is -2.70. The number of nitriles is 1. The van der Waals surface area contributed by atoms with Gasteiger partial charge < -0.3 is 15.3 Å². The van der Waals surface area contributed by atoms with E-state index in [1.807, 2.05) is 26.8 Å². The lowest BCUT2D eigenvalue weighted by molar-refractivity contribution is -0.183. The summed E-state index contributed by atoms with van der Waals surface area (Å²) in [6, 6.07) is 2.02. The van der Waals surface area contributed by atoms with Crippen molar-refractivity contribution >= 4 is 17.6 Å². The fourth-order valence-corrected chi connectivity index (χ4v) is 10.6. The van der Waals surface area contributed by atoms with E-state index in [4.69, 9.17) is 0 Å². The van der Waals surface area contributed by atoms with Crippen LogP contribution in [0.2, 0.25) is 0 Å². The monoisotopic (exact) mass is 551 g/mol. The average molecular weight is 552 g/mol. The summed E-state index contributed by atoms with van der Waals surface area (Å²) < 4.78 is 0. The van der Waals surface area contributed by atoms with Gasteiger partial charge >= 0.3 is 6.03 Å². The predicted molar refractivity (Wildman–Crippen MR) is 153 cm³/mol. The first-order valence-electron chi connectivity index (χ1n) is 15.2. The molecule has 0 aromatic carbocycles. The van der Waals surface area contributed by atoms with E-state index in [0.29, 0.717) is 0 Å². The van der Waals surface area contributed by atoms with E-state index in [1.165, 1.54) is 0 Å². The number of fused-ring (bicyclic) bond motifs is 7. The highest BCUT2D eigenvalue weighted by atomic mass is 16.3. The Kier molecular flexibility index (Phi) is 6.34. The number of nitrogens with zero attached hydrogens (tertiary/aromatic N) is 2. The first-order chi connectivity index (χ1) is 18.3. The molecule has 7 nitrogen and oxygen atoms in total. The summed E-state index contributed by atoms with van der Waals surface area (Å²) >= 11 is 0. The van der Waals surface area contributed by atoms with Crippen molar-refractivity contribution in [3.8, 4) is 6.07 Å². The van der Waals surface area contributed by atoms with E-state index in [0.717, 1.165) is 50.5 Å². The molecule has 2 amide bonds. The maximum absolute atomic E-state index is 14.5. The van der Waals surface area contributed by atoms with Crippen LogP contribution in [0.15, 0.2) is 11.6 Å². The molecular weight excluding hydrogens is 502 g/mol. The minimum atomic E-state index is -1.16. The van der Waals surface area contributed by atoms with Gasteiger partial charge in [0.15, 0.2) is 11.6 Å². The number of rotatable bonds is 1. The van der Waals surface area contributed by atoms with Crippen LogP contribution >= 0.6 is 0 Å². The predicted octanol–water partition coefficient (Wildman–Crippen LogP) is 5.28. The number of carbonyl (C=O) groups is 3. The molecule has 2 N–H and O–H groups in total. The Morgan fingerprint density at radius 1 is 1.02 bits per heavy atom. The van der Waals surface area contributed by atoms with Gasteiger partial charge in [-0.2, -0.15) is 5.26 Å². The van der Waals surface area contributed by atoms with Crippen molar-refractivity contribution < 1.29 is 19.5 Å². The molecule has 0 bridgehead atoms. The summed E-state index contributed by atoms with van der Waals surface area (Å²) in [5.74, 6) is -1.62. The van der Waals surface area contributed by atoms with E-state index < -0.39 is 28.4 Å². The second-order valence-corrected chi connectivity index (χ2v) is 16.2. The second-order valence-electron chi connectivity index (χ2n) is 16.2. The number of urea groups is 1. The number of hydrogen-bond acceptors (Lipinski definition) is 5. The number of carbonyl (C=O) groups excluding carboxylic acids is 3. The molecule has 220 valence electrons. The third-order valence-corrected chi connectivity index (χ3v) is 13.2. The number of amides is 2. The summed E-state index contributed by atoms with van der Waals surface area (Å²) in [5, 5.41) is 25.1. The number of Topliss-reactive ketones (excluding diaryl/α,β-unsaturated/α-hetero) is 1. The highest BCUT2D eigenvalue weighted by Gasteiger charge is 2.72. The minimum Gasteiger partial charge on any atom is -0.390 e. The third-order valence-electron chi connectivity index (χ3n) is 13.2. The van der Waals surface area contributed by atoms with Crippen LogP contribution in [0.4, 0.5) is 4.79 Å². The van der Waals surface area contributed by atoms with Crippen molar-refractivity contribution in [2.45, 2.75) is 105 Å². The molecule has 5 aliphatic carbocycles. The molecule has 0 heterocycles. The minimum absolute atomic E-state index is 0.00714. The molecule has 9 atom stereocenters. The standard InChI is InChI=1S/C33H49N3O4/c1-28(2)12-14-33(35-27(40)36(8)9)15-13-31(6)24(20(33)17-28)21(37)16-23-30(31,5)11-10-22-29(3,4)25(38)19(18-34)26(39)32(22,23)7/h16,19-20,22,24,26,39H,10-15,17H2,1-9H3,(H,35,40). The molecule has 0 aromatic rings. The van der Waals surface area contributed by atoms with Gasteiger partial charge in [-0.3, -0.25) is 9.59 Å². The van der Waals surface area contributed by atoms with Gasteiger partial charge in [-0.25, -0.2) is 4.79 Å². The quantitative estimate of drug-likeness (QED) is 0.461. The fourth-order valence-electron chi connectivity index (χ4n) is 10.6. The lowest BCUT2D eigenvalue weighted by atomic mass is 9.34. The van der Waals surface area contributed by atoms with Gasteiger partial charge in [0.1, 0.15) is 5.92 Å². The summed E-state index contributed by atoms with van der Waals surface area (Å²) in [4.78, 5) is 42.5. The van der Waals surface area contributed by atoms with E-state index in [-0.39, 0.29) is 51.6 Å². The molecule has 4 saturated carbocycles. The molecule has 5 aliphatic rings. The molecule has 0 aliphatic heterocycles. The van der Waals surface area contributed by atoms with Gasteiger partial charge in [-0.05, 0) is 79.1 Å². The average Bonchev–Trinajstić information content (AvgIpc) is 2.85. The van der Waals surface area contributed by atoms with Crippen LogP contribution in [0.1, 0.15) is 93.4 Å². The van der Waals surface area contributed by atoms with Crippen LogP contribution in [0.5, 0.6) is 0 Å². The molecular formula is C33H49N3O4. The zero-order valence-electron chi connectivity index (χ0n) is 26.0. The third kappa shape index (κ3) is 3.53. The first kappa shape index (κ1) is 29.3. The normalized spacial score (nSPS) is 46.9. The Bertz CT molecular complexity index is 1230. The summed E-state index contributed by atoms with van der Waals surface area (Å²) in [7, 11) is 3.52. The lowest BCUT2D eigenvalue weighted by Crippen LogP contribution is -2.71. The molecule has 7 heteroatoms. The summed E-state index contributed by atoms with van der Waals surface area (Å²) in [6.07, 6.45) is 6.58. The number of aliphatic hydroxyl groups excluding tert-OH is 1.